The summed E-state index contributed by atoms with van der Waals surface area (Å²) in [4.78, 5) is 12.9. The first-order chi connectivity index (χ1) is 14.7. The molecule has 1 aliphatic heterocycles. The van der Waals surface area contributed by atoms with Crippen LogP contribution in [0.1, 0.15) is 47.4 Å². The van der Waals surface area contributed by atoms with E-state index in [1.54, 1.807) is 0 Å². The number of rotatable bonds is 7. The molecular formula is C21H28F3N3O3S. The number of carboxylic acid groups (broad SMARTS) is 1. The topological polar surface area (TPSA) is 67.6 Å². The Hall–Kier alpha value is -1.91. The van der Waals surface area contributed by atoms with Crippen molar-refractivity contribution in [1.82, 2.24) is 14.7 Å². The number of ether oxygens (including phenoxy) is 1. The molecule has 1 aliphatic carbocycles. The van der Waals surface area contributed by atoms with Gasteiger partial charge in [0.25, 0.3) is 0 Å². The second-order valence-corrected chi connectivity index (χ2v) is 9.06. The molecule has 31 heavy (non-hydrogen) atoms. The zero-order valence-corrected chi connectivity index (χ0v) is 18.5. The monoisotopic (exact) mass is 459 g/mol. The normalized spacial score (nSPS) is 18.9. The standard InChI is InChI=1S/C19H27N3OS.C2HF3O2/c1-3-22-9-17-16(13-23-12-15-4-5-15)8-21(10-18(17)20-22)11-19-14(2)6-7-24-19;3-2(4,5)1(6)7/h6-7,9,15-16H,3-5,8,10-13H2,1-2H3;(H,6,7). The zero-order valence-electron chi connectivity index (χ0n) is 17.7. The van der Waals surface area contributed by atoms with Gasteiger partial charge in [-0.1, -0.05) is 0 Å². The summed E-state index contributed by atoms with van der Waals surface area (Å²) in [7, 11) is 0. The minimum atomic E-state index is -5.08. The molecule has 2 aromatic heterocycles. The third kappa shape index (κ3) is 6.78. The maximum atomic E-state index is 10.6. The Morgan fingerprint density at radius 2 is 2.06 bits per heavy atom. The van der Waals surface area contributed by atoms with Crippen LogP contribution in [0.25, 0.3) is 0 Å². The van der Waals surface area contributed by atoms with Crippen LogP contribution in [0.3, 0.4) is 0 Å². The Morgan fingerprint density at radius 3 is 2.61 bits per heavy atom. The molecule has 10 heteroatoms. The van der Waals surface area contributed by atoms with Gasteiger partial charge in [-0.05, 0) is 49.6 Å². The number of carbonyl (C=O) groups is 1. The van der Waals surface area contributed by atoms with Crippen LogP contribution in [-0.4, -0.2) is 51.7 Å². The maximum Gasteiger partial charge on any atom is 0.490 e. The van der Waals surface area contributed by atoms with Gasteiger partial charge in [-0.15, -0.1) is 11.3 Å². The molecule has 1 fully saturated rings. The molecule has 2 aliphatic rings. The summed E-state index contributed by atoms with van der Waals surface area (Å²) in [6, 6.07) is 2.22. The third-order valence-corrected chi connectivity index (χ3v) is 6.44. The van der Waals surface area contributed by atoms with Crippen molar-refractivity contribution in [1.29, 1.82) is 0 Å². The Kier molecular flexibility index (Phi) is 7.77. The predicted octanol–water partition coefficient (Wildman–Crippen LogP) is 4.43. The number of nitrogens with zero attached hydrogens (tertiary/aromatic N) is 3. The predicted molar refractivity (Wildman–Crippen MR) is 111 cm³/mol. The molecule has 1 unspecified atom stereocenters. The van der Waals surface area contributed by atoms with Crippen molar-refractivity contribution in [3.8, 4) is 0 Å². The van der Waals surface area contributed by atoms with Crippen molar-refractivity contribution < 1.29 is 27.8 Å². The van der Waals surface area contributed by atoms with Crippen LogP contribution in [0.4, 0.5) is 13.2 Å². The Labute approximate surface area is 183 Å². The molecule has 1 atom stereocenters. The number of alkyl halides is 3. The Morgan fingerprint density at radius 1 is 1.35 bits per heavy atom. The Bertz CT molecular complexity index is 877. The Balaban J connectivity index is 0.000000339. The van der Waals surface area contributed by atoms with E-state index >= 15 is 0 Å². The lowest BCUT2D eigenvalue weighted by atomic mass is 9.95. The molecule has 2 aromatic rings. The van der Waals surface area contributed by atoms with Crippen LogP contribution >= 0.6 is 11.3 Å². The zero-order chi connectivity index (χ0) is 22.6. The van der Waals surface area contributed by atoms with Gasteiger partial charge < -0.3 is 9.84 Å². The number of hydrogen-bond donors (Lipinski definition) is 1. The number of fused-ring (bicyclic) bond motifs is 1. The average Bonchev–Trinajstić information content (AvgIpc) is 3.29. The largest absolute Gasteiger partial charge is 0.490 e. The molecule has 6 nitrogen and oxygen atoms in total. The van der Waals surface area contributed by atoms with Crippen LogP contribution in [0.2, 0.25) is 0 Å². The molecule has 0 radical (unpaired) electrons. The molecule has 1 N–H and O–H groups in total. The fourth-order valence-corrected chi connectivity index (χ4v) is 4.43. The first kappa shape index (κ1) is 23.7. The van der Waals surface area contributed by atoms with E-state index in [0.717, 1.165) is 45.3 Å². The van der Waals surface area contributed by atoms with Crippen molar-refractivity contribution in [2.75, 3.05) is 19.8 Å². The fourth-order valence-electron chi connectivity index (χ4n) is 3.48. The maximum absolute atomic E-state index is 10.6. The summed E-state index contributed by atoms with van der Waals surface area (Å²) in [5.41, 5.74) is 4.07. The first-order valence-corrected chi connectivity index (χ1v) is 11.2. The lowest BCUT2D eigenvalue weighted by molar-refractivity contribution is -0.192. The summed E-state index contributed by atoms with van der Waals surface area (Å²) in [6.45, 7) is 10.1. The summed E-state index contributed by atoms with van der Waals surface area (Å²) in [5.74, 6) is -1.48. The molecule has 0 bridgehead atoms. The van der Waals surface area contributed by atoms with Crippen molar-refractivity contribution in [2.24, 2.45) is 5.92 Å². The highest BCUT2D eigenvalue weighted by molar-refractivity contribution is 7.10. The van der Waals surface area contributed by atoms with E-state index in [9.17, 15) is 13.2 Å². The fraction of sp³-hybridized carbons (Fsp3) is 0.619. The van der Waals surface area contributed by atoms with Gasteiger partial charge in [0, 0.05) is 55.3 Å². The second-order valence-electron chi connectivity index (χ2n) is 8.06. The van der Waals surface area contributed by atoms with Crippen LogP contribution in [0.15, 0.2) is 17.6 Å². The summed E-state index contributed by atoms with van der Waals surface area (Å²) < 4.78 is 39.9. The van der Waals surface area contributed by atoms with E-state index in [4.69, 9.17) is 19.7 Å². The molecule has 1 saturated carbocycles. The van der Waals surface area contributed by atoms with Gasteiger partial charge in [0.15, 0.2) is 0 Å². The van der Waals surface area contributed by atoms with Crippen molar-refractivity contribution in [3.63, 3.8) is 0 Å². The minimum Gasteiger partial charge on any atom is -0.475 e. The van der Waals surface area contributed by atoms with Crippen LogP contribution in [-0.2, 0) is 29.2 Å². The number of thiophene rings is 1. The summed E-state index contributed by atoms with van der Waals surface area (Å²) >= 11 is 1.87. The van der Waals surface area contributed by atoms with E-state index in [1.807, 2.05) is 11.3 Å². The van der Waals surface area contributed by atoms with Crippen molar-refractivity contribution in [3.05, 3.63) is 39.3 Å². The van der Waals surface area contributed by atoms with E-state index in [2.05, 4.69) is 41.1 Å². The second kappa shape index (κ2) is 10.1. The van der Waals surface area contributed by atoms with Gasteiger partial charge in [0.1, 0.15) is 0 Å². The van der Waals surface area contributed by atoms with Crippen LogP contribution in [0, 0.1) is 12.8 Å². The van der Waals surface area contributed by atoms with Gasteiger partial charge in [0.05, 0.1) is 12.3 Å². The lowest BCUT2D eigenvalue weighted by Gasteiger charge is -2.31. The molecule has 4 rings (SSSR count). The highest BCUT2D eigenvalue weighted by Gasteiger charge is 2.38. The molecular weight excluding hydrogens is 431 g/mol. The smallest absolute Gasteiger partial charge is 0.475 e. The molecule has 0 aromatic carbocycles. The number of halogens is 3. The quantitative estimate of drug-likeness (QED) is 0.664. The van der Waals surface area contributed by atoms with Gasteiger partial charge in [-0.3, -0.25) is 9.58 Å². The number of aryl methyl sites for hydroxylation is 2. The number of carboxylic acids is 1. The van der Waals surface area contributed by atoms with Gasteiger partial charge in [0.2, 0.25) is 0 Å². The highest BCUT2D eigenvalue weighted by Crippen LogP contribution is 2.32. The van der Waals surface area contributed by atoms with E-state index < -0.39 is 12.1 Å². The van der Waals surface area contributed by atoms with Crippen molar-refractivity contribution in [2.45, 2.75) is 58.4 Å². The number of aromatic nitrogens is 2. The molecule has 172 valence electrons. The lowest BCUT2D eigenvalue weighted by Crippen LogP contribution is -2.34. The SMILES string of the molecule is CCn1cc2c(n1)CN(Cc1sccc1C)CC2COCC1CC1.O=C(O)C(F)(F)F. The average molecular weight is 460 g/mol. The number of hydrogen-bond acceptors (Lipinski definition) is 5. The summed E-state index contributed by atoms with van der Waals surface area (Å²) in [5, 5.41) is 14.1. The van der Waals surface area contributed by atoms with Crippen LogP contribution in [0.5, 0.6) is 0 Å². The molecule has 0 spiro atoms. The van der Waals surface area contributed by atoms with E-state index in [1.165, 1.54) is 34.5 Å². The first-order valence-electron chi connectivity index (χ1n) is 10.4. The van der Waals surface area contributed by atoms with Crippen molar-refractivity contribution >= 4 is 17.3 Å². The van der Waals surface area contributed by atoms with E-state index in [-0.39, 0.29) is 0 Å². The van der Waals surface area contributed by atoms with Gasteiger partial charge in [-0.2, -0.15) is 18.3 Å². The molecule has 3 heterocycles. The third-order valence-electron chi connectivity index (χ3n) is 5.43. The molecule has 0 amide bonds. The minimum absolute atomic E-state index is 0.452. The van der Waals surface area contributed by atoms with Gasteiger partial charge in [-0.25, -0.2) is 4.79 Å². The summed E-state index contributed by atoms with van der Waals surface area (Å²) in [6.07, 6.45) is -0.130. The van der Waals surface area contributed by atoms with Crippen LogP contribution < -0.4 is 0 Å². The van der Waals surface area contributed by atoms with Gasteiger partial charge >= 0.3 is 12.1 Å². The molecule has 0 saturated heterocycles. The van der Waals surface area contributed by atoms with E-state index in [0.29, 0.717) is 5.92 Å². The highest BCUT2D eigenvalue weighted by atomic mass is 32.1. The number of aliphatic carboxylic acids is 1.